The molecule has 2 heteroatoms. The van der Waals surface area contributed by atoms with Crippen LogP contribution < -0.4 is 0 Å². The summed E-state index contributed by atoms with van der Waals surface area (Å²) in [6, 6.07) is 0. The van der Waals surface area contributed by atoms with Crippen LogP contribution >= 0.6 is 0 Å². The number of halogens is 2. The van der Waals surface area contributed by atoms with Crippen molar-refractivity contribution >= 4 is 0 Å². The predicted octanol–water partition coefficient (Wildman–Crippen LogP) is 6.33. The molecule has 1 unspecified atom stereocenters. The number of hydrogen-bond donors (Lipinski definition) is 0. The summed E-state index contributed by atoms with van der Waals surface area (Å²) in [4.78, 5) is 0. The number of alkyl halides is 2. The van der Waals surface area contributed by atoms with Gasteiger partial charge in [-0.2, -0.15) is 0 Å². The van der Waals surface area contributed by atoms with Gasteiger partial charge in [0.05, 0.1) is 0 Å². The molecule has 0 bridgehead atoms. The molecule has 0 aromatic rings. The lowest BCUT2D eigenvalue weighted by atomic mass is 9.74. The number of rotatable bonds is 10. The molecule has 0 saturated heterocycles. The molecule has 0 spiro atoms. The van der Waals surface area contributed by atoms with E-state index in [1.165, 1.54) is 0 Å². The summed E-state index contributed by atoms with van der Waals surface area (Å²) in [5, 5.41) is 0. The summed E-state index contributed by atoms with van der Waals surface area (Å²) in [5.74, 6) is -3.41. The van der Waals surface area contributed by atoms with Crippen molar-refractivity contribution in [2.24, 2.45) is 11.3 Å². The van der Waals surface area contributed by atoms with Crippen molar-refractivity contribution in [1.82, 2.24) is 0 Å². The van der Waals surface area contributed by atoms with Crippen LogP contribution in [0.2, 0.25) is 0 Å². The third-order valence-electron chi connectivity index (χ3n) is 4.07. The van der Waals surface area contributed by atoms with E-state index in [9.17, 15) is 8.78 Å². The van der Waals surface area contributed by atoms with Gasteiger partial charge in [-0.15, -0.1) is 0 Å². The van der Waals surface area contributed by atoms with Crippen LogP contribution in [-0.4, -0.2) is 5.92 Å². The van der Waals surface area contributed by atoms with Crippen LogP contribution in [-0.2, 0) is 0 Å². The quantitative estimate of drug-likeness (QED) is 0.411. The molecule has 0 nitrogen and oxygen atoms in total. The average molecular weight is 282 g/mol. The molecule has 0 aliphatic rings. The predicted molar refractivity (Wildman–Crippen MR) is 85.0 cm³/mol. The summed E-state index contributed by atoms with van der Waals surface area (Å²) in [5.41, 5.74) is 0.556. The second kappa shape index (κ2) is 7.56. The standard InChI is InChI=1S/C18H28F2/c1-8-14(3)10-11-16(5)18(19,20)17(6,7)13-12-15(4)9-2/h8-9,16H,1-4,10-13H2,5-7H3. The van der Waals surface area contributed by atoms with Crippen molar-refractivity contribution in [3.63, 3.8) is 0 Å². The fraction of sp³-hybridized carbons (Fsp3) is 0.556. The van der Waals surface area contributed by atoms with Crippen LogP contribution in [0.25, 0.3) is 0 Å². The topological polar surface area (TPSA) is 0 Å². The van der Waals surface area contributed by atoms with Crippen molar-refractivity contribution < 1.29 is 8.78 Å². The van der Waals surface area contributed by atoms with E-state index in [2.05, 4.69) is 26.3 Å². The Kier molecular flexibility index (Phi) is 7.12. The third kappa shape index (κ3) is 5.07. The lowest BCUT2D eigenvalue weighted by Crippen LogP contribution is -2.42. The molecule has 0 aliphatic carbocycles. The molecule has 0 radical (unpaired) electrons. The number of hydrogen-bond acceptors (Lipinski definition) is 0. The van der Waals surface area contributed by atoms with Gasteiger partial charge >= 0.3 is 0 Å². The maximum Gasteiger partial charge on any atom is 0.255 e. The molecule has 114 valence electrons. The molecule has 20 heavy (non-hydrogen) atoms. The fourth-order valence-corrected chi connectivity index (χ4v) is 2.09. The second-order valence-electron chi connectivity index (χ2n) is 6.17. The third-order valence-corrected chi connectivity index (χ3v) is 4.07. The van der Waals surface area contributed by atoms with E-state index in [-0.39, 0.29) is 0 Å². The van der Waals surface area contributed by atoms with Gasteiger partial charge in [0, 0.05) is 11.3 Å². The highest BCUT2D eigenvalue weighted by atomic mass is 19.3. The van der Waals surface area contributed by atoms with Gasteiger partial charge in [-0.05, 0) is 25.7 Å². The Morgan fingerprint density at radius 2 is 1.50 bits per heavy atom. The van der Waals surface area contributed by atoms with Crippen molar-refractivity contribution in [2.75, 3.05) is 0 Å². The molecule has 0 aliphatic heterocycles. The molecule has 1 atom stereocenters. The first kappa shape index (κ1) is 18.8. The van der Waals surface area contributed by atoms with E-state index in [0.717, 1.165) is 11.1 Å². The molecule has 0 saturated carbocycles. The van der Waals surface area contributed by atoms with Crippen molar-refractivity contribution in [3.8, 4) is 0 Å². The molecule has 0 amide bonds. The molecule has 0 aromatic heterocycles. The molecular formula is C18H28F2. The molecule has 0 aromatic carbocycles. The Morgan fingerprint density at radius 1 is 1.05 bits per heavy atom. The van der Waals surface area contributed by atoms with Gasteiger partial charge in [0.25, 0.3) is 5.92 Å². The highest BCUT2D eigenvalue weighted by molar-refractivity contribution is 5.12. The zero-order valence-electron chi connectivity index (χ0n) is 13.1. The SMILES string of the molecule is C=CC(=C)CCC(C)C(F)(F)C(C)(C)CCC(=C)C=C. The summed E-state index contributed by atoms with van der Waals surface area (Å²) >= 11 is 0. The first-order valence-electron chi connectivity index (χ1n) is 7.06. The maximum absolute atomic E-state index is 14.6. The zero-order valence-corrected chi connectivity index (χ0v) is 13.1. The van der Waals surface area contributed by atoms with E-state index in [4.69, 9.17) is 0 Å². The molecule has 0 N–H and O–H groups in total. The van der Waals surface area contributed by atoms with Crippen LogP contribution in [0, 0.1) is 11.3 Å². The lowest BCUT2D eigenvalue weighted by molar-refractivity contribution is -0.149. The Bertz CT molecular complexity index is 375. The second-order valence-corrected chi connectivity index (χ2v) is 6.17. The molecular weight excluding hydrogens is 254 g/mol. The Labute approximate surface area is 123 Å². The van der Waals surface area contributed by atoms with Crippen LogP contribution in [0.1, 0.15) is 46.5 Å². The Balaban J connectivity index is 4.71. The smallest absolute Gasteiger partial charge is 0.206 e. The minimum Gasteiger partial charge on any atom is -0.206 e. The van der Waals surface area contributed by atoms with Gasteiger partial charge in [-0.25, -0.2) is 8.78 Å². The largest absolute Gasteiger partial charge is 0.255 e. The normalized spacial score (nSPS) is 13.7. The summed E-state index contributed by atoms with van der Waals surface area (Å²) in [7, 11) is 0. The van der Waals surface area contributed by atoms with Crippen molar-refractivity contribution in [1.29, 1.82) is 0 Å². The van der Waals surface area contributed by atoms with E-state index in [1.54, 1.807) is 32.9 Å². The van der Waals surface area contributed by atoms with Crippen molar-refractivity contribution in [2.45, 2.75) is 52.4 Å². The summed E-state index contributed by atoms with van der Waals surface area (Å²) < 4.78 is 29.2. The number of allylic oxidation sites excluding steroid dienone is 4. The average Bonchev–Trinajstić information content (AvgIpc) is 2.41. The van der Waals surface area contributed by atoms with E-state index >= 15 is 0 Å². The fourth-order valence-electron chi connectivity index (χ4n) is 2.09. The van der Waals surface area contributed by atoms with Crippen molar-refractivity contribution in [3.05, 3.63) is 49.6 Å². The van der Waals surface area contributed by atoms with Gasteiger partial charge in [-0.3, -0.25) is 0 Å². The Hall–Kier alpha value is -1.18. The lowest BCUT2D eigenvalue weighted by Gasteiger charge is -2.38. The molecule has 0 heterocycles. The molecule has 0 fully saturated rings. The van der Waals surface area contributed by atoms with E-state index < -0.39 is 17.3 Å². The van der Waals surface area contributed by atoms with Gasteiger partial charge in [0.1, 0.15) is 0 Å². The molecule has 0 rings (SSSR count). The van der Waals surface area contributed by atoms with E-state index in [1.807, 2.05) is 0 Å². The first-order chi connectivity index (χ1) is 9.08. The van der Waals surface area contributed by atoms with Crippen LogP contribution in [0.5, 0.6) is 0 Å². The van der Waals surface area contributed by atoms with Gasteiger partial charge in [0.15, 0.2) is 0 Å². The van der Waals surface area contributed by atoms with E-state index in [0.29, 0.717) is 25.7 Å². The van der Waals surface area contributed by atoms with Gasteiger partial charge in [0.2, 0.25) is 0 Å². The highest BCUT2D eigenvalue weighted by Crippen LogP contribution is 2.47. The minimum absolute atomic E-state index is 0.400. The highest BCUT2D eigenvalue weighted by Gasteiger charge is 2.49. The Morgan fingerprint density at radius 3 is 1.95 bits per heavy atom. The van der Waals surface area contributed by atoms with Crippen LogP contribution in [0.15, 0.2) is 49.6 Å². The maximum atomic E-state index is 14.6. The minimum atomic E-state index is -2.73. The first-order valence-corrected chi connectivity index (χ1v) is 7.06. The summed E-state index contributed by atoms with van der Waals surface area (Å²) in [6.45, 7) is 19.6. The van der Waals surface area contributed by atoms with Gasteiger partial charge in [-0.1, -0.05) is 70.4 Å². The van der Waals surface area contributed by atoms with Crippen LogP contribution in [0.4, 0.5) is 8.78 Å². The zero-order chi connectivity index (χ0) is 16.0. The van der Waals surface area contributed by atoms with Crippen LogP contribution in [0.3, 0.4) is 0 Å². The van der Waals surface area contributed by atoms with Gasteiger partial charge < -0.3 is 0 Å². The monoisotopic (exact) mass is 282 g/mol. The summed E-state index contributed by atoms with van der Waals surface area (Å²) in [6.07, 6.45) is 5.20.